The SMILES string of the molecule is CCCCn1c(-c2ccccc2)nc(-c2ccccc2)c1CN(Cc1ccc(OC(F)F)cc1)C(C)C. The van der Waals surface area contributed by atoms with Gasteiger partial charge in [0.2, 0.25) is 0 Å². The summed E-state index contributed by atoms with van der Waals surface area (Å²) in [5.74, 6) is 1.16. The Morgan fingerprint density at radius 2 is 1.46 bits per heavy atom. The summed E-state index contributed by atoms with van der Waals surface area (Å²) in [4.78, 5) is 7.60. The molecule has 194 valence electrons. The number of imidazole rings is 1. The van der Waals surface area contributed by atoms with Crippen molar-refractivity contribution in [2.24, 2.45) is 0 Å². The third kappa shape index (κ3) is 6.83. The Hall–Kier alpha value is -3.51. The van der Waals surface area contributed by atoms with E-state index in [-0.39, 0.29) is 11.8 Å². The Kier molecular flexibility index (Phi) is 9.07. The topological polar surface area (TPSA) is 30.3 Å². The van der Waals surface area contributed by atoms with Crippen LogP contribution in [0.4, 0.5) is 8.78 Å². The number of hydrogen-bond donors (Lipinski definition) is 0. The molecule has 0 saturated heterocycles. The molecule has 0 aliphatic carbocycles. The van der Waals surface area contributed by atoms with Crippen LogP contribution >= 0.6 is 0 Å². The maximum absolute atomic E-state index is 12.6. The molecule has 6 heteroatoms. The van der Waals surface area contributed by atoms with E-state index in [1.54, 1.807) is 12.1 Å². The second kappa shape index (κ2) is 12.6. The largest absolute Gasteiger partial charge is 0.435 e. The molecule has 4 rings (SSSR count). The van der Waals surface area contributed by atoms with Gasteiger partial charge in [-0.2, -0.15) is 8.78 Å². The van der Waals surface area contributed by atoms with Crippen molar-refractivity contribution in [2.75, 3.05) is 0 Å². The van der Waals surface area contributed by atoms with Gasteiger partial charge in [-0.1, -0.05) is 86.1 Å². The number of nitrogens with zero attached hydrogens (tertiary/aromatic N) is 3. The van der Waals surface area contributed by atoms with Crippen LogP contribution in [0.2, 0.25) is 0 Å². The van der Waals surface area contributed by atoms with Crippen LogP contribution in [0.25, 0.3) is 22.6 Å². The number of halogens is 2. The van der Waals surface area contributed by atoms with Crippen molar-refractivity contribution in [1.82, 2.24) is 14.5 Å². The number of ether oxygens (including phenoxy) is 1. The van der Waals surface area contributed by atoms with Gasteiger partial charge in [0.25, 0.3) is 0 Å². The Labute approximate surface area is 218 Å². The molecule has 0 spiro atoms. The first kappa shape index (κ1) is 26.6. The summed E-state index contributed by atoms with van der Waals surface area (Å²) in [7, 11) is 0. The molecule has 4 aromatic rings. The quantitative estimate of drug-likeness (QED) is 0.196. The molecule has 0 amide bonds. The first-order valence-corrected chi connectivity index (χ1v) is 12.9. The normalized spacial score (nSPS) is 11.6. The molecule has 0 radical (unpaired) electrons. The molecule has 0 saturated carbocycles. The fraction of sp³-hybridized carbons (Fsp3) is 0.323. The summed E-state index contributed by atoms with van der Waals surface area (Å²) < 4.78 is 32.0. The lowest BCUT2D eigenvalue weighted by Gasteiger charge is -2.28. The Balaban J connectivity index is 1.73. The molecule has 0 aliphatic rings. The molecule has 0 unspecified atom stereocenters. The van der Waals surface area contributed by atoms with E-state index in [9.17, 15) is 8.78 Å². The minimum Gasteiger partial charge on any atom is -0.435 e. The molecule has 0 fully saturated rings. The zero-order chi connectivity index (χ0) is 26.2. The minimum atomic E-state index is -2.82. The average Bonchev–Trinajstić information content (AvgIpc) is 3.26. The molecule has 0 N–H and O–H groups in total. The van der Waals surface area contributed by atoms with Crippen molar-refractivity contribution in [2.45, 2.75) is 65.9 Å². The predicted molar refractivity (Wildman–Crippen MR) is 145 cm³/mol. The highest BCUT2D eigenvalue weighted by Crippen LogP contribution is 2.32. The third-order valence-corrected chi connectivity index (χ3v) is 6.50. The lowest BCUT2D eigenvalue weighted by atomic mass is 10.1. The van der Waals surface area contributed by atoms with Gasteiger partial charge in [-0.05, 0) is 38.0 Å². The maximum Gasteiger partial charge on any atom is 0.387 e. The summed E-state index contributed by atoms with van der Waals surface area (Å²) in [5.41, 5.74) is 5.43. The van der Waals surface area contributed by atoms with Crippen LogP contribution in [0.5, 0.6) is 5.75 Å². The van der Waals surface area contributed by atoms with E-state index in [2.05, 4.69) is 83.5 Å². The molecule has 0 bridgehead atoms. The highest BCUT2D eigenvalue weighted by atomic mass is 19.3. The van der Waals surface area contributed by atoms with E-state index in [0.717, 1.165) is 47.6 Å². The van der Waals surface area contributed by atoms with Gasteiger partial charge in [0.1, 0.15) is 11.6 Å². The van der Waals surface area contributed by atoms with Crippen LogP contribution in [-0.4, -0.2) is 27.1 Å². The zero-order valence-corrected chi connectivity index (χ0v) is 21.8. The van der Waals surface area contributed by atoms with Gasteiger partial charge in [0, 0.05) is 36.8 Å². The minimum absolute atomic E-state index is 0.173. The molecule has 37 heavy (non-hydrogen) atoms. The van der Waals surface area contributed by atoms with Crippen molar-refractivity contribution in [3.05, 3.63) is 96.2 Å². The summed E-state index contributed by atoms with van der Waals surface area (Å²) in [5, 5.41) is 0. The van der Waals surface area contributed by atoms with Gasteiger partial charge >= 0.3 is 6.61 Å². The number of hydrogen-bond acceptors (Lipinski definition) is 3. The van der Waals surface area contributed by atoms with Crippen molar-refractivity contribution in [3.8, 4) is 28.4 Å². The molecule has 0 aliphatic heterocycles. The van der Waals surface area contributed by atoms with Crippen LogP contribution in [-0.2, 0) is 19.6 Å². The zero-order valence-electron chi connectivity index (χ0n) is 21.8. The highest BCUT2D eigenvalue weighted by molar-refractivity contribution is 5.68. The van der Waals surface area contributed by atoms with Crippen LogP contribution in [0.15, 0.2) is 84.9 Å². The van der Waals surface area contributed by atoms with Gasteiger partial charge in [-0.25, -0.2) is 4.98 Å². The van der Waals surface area contributed by atoms with Gasteiger partial charge in [-0.15, -0.1) is 0 Å². The van der Waals surface area contributed by atoms with E-state index in [0.29, 0.717) is 13.1 Å². The molecule has 1 aromatic heterocycles. The average molecular weight is 504 g/mol. The van der Waals surface area contributed by atoms with Crippen LogP contribution < -0.4 is 4.74 Å². The molecule has 3 aromatic carbocycles. The summed E-state index contributed by atoms with van der Waals surface area (Å²) in [6.07, 6.45) is 2.15. The number of aromatic nitrogens is 2. The van der Waals surface area contributed by atoms with Gasteiger partial charge < -0.3 is 9.30 Å². The van der Waals surface area contributed by atoms with Gasteiger partial charge in [0.05, 0.1) is 11.4 Å². The Morgan fingerprint density at radius 3 is 2.03 bits per heavy atom. The van der Waals surface area contributed by atoms with Gasteiger partial charge in [0.15, 0.2) is 0 Å². The number of rotatable bonds is 12. The van der Waals surface area contributed by atoms with E-state index >= 15 is 0 Å². The lowest BCUT2D eigenvalue weighted by molar-refractivity contribution is -0.0498. The Bertz CT molecular complexity index is 1240. The van der Waals surface area contributed by atoms with E-state index in [1.165, 1.54) is 5.69 Å². The van der Waals surface area contributed by atoms with E-state index < -0.39 is 6.61 Å². The molecular weight excluding hydrogens is 468 g/mol. The monoisotopic (exact) mass is 503 g/mol. The van der Waals surface area contributed by atoms with Crippen molar-refractivity contribution >= 4 is 0 Å². The van der Waals surface area contributed by atoms with Crippen molar-refractivity contribution in [3.63, 3.8) is 0 Å². The lowest BCUT2D eigenvalue weighted by Crippen LogP contribution is -2.31. The van der Waals surface area contributed by atoms with Crippen LogP contribution in [0.1, 0.15) is 44.9 Å². The first-order chi connectivity index (χ1) is 18.0. The van der Waals surface area contributed by atoms with Crippen molar-refractivity contribution in [1.29, 1.82) is 0 Å². The highest BCUT2D eigenvalue weighted by Gasteiger charge is 2.23. The van der Waals surface area contributed by atoms with Crippen molar-refractivity contribution < 1.29 is 13.5 Å². The second-order valence-corrected chi connectivity index (χ2v) is 9.49. The van der Waals surface area contributed by atoms with Crippen LogP contribution in [0, 0.1) is 0 Å². The number of unbranched alkanes of at least 4 members (excludes halogenated alkanes) is 1. The summed E-state index contributed by atoms with van der Waals surface area (Å²) >= 11 is 0. The molecule has 4 nitrogen and oxygen atoms in total. The first-order valence-electron chi connectivity index (χ1n) is 12.9. The fourth-order valence-electron chi connectivity index (χ4n) is 4.46. The van der Waals surface area contributed by atoms with Gasteiger partial charge in [-0.3, -0.25) is 4.90 Å². The fourth-order valence-corrected chi connectivity index (χ4v) is 4.46. The smallest absolute Gasteiger partial charge is 0.387 e. The maximum atomic E-state index is 12.6. The molecular formula is C31H35F2N3O. The summed E-state index contributed by atoms with van der Waals surface area (Å²) in [6.45, 7) is 6.03. The molecule has 1 heterocycles. The number of benzene rings is 3. The Morgan fingerprint density at radius 1 is 0.838 bits per heavy atom. The third-order valence-electron chi connectivity index (χ3n) is 6.50. The van der Waals surface area contributed by atoms with E-state index in [4.69, 9.17) is 4.98 Å². The molecule has 0 atom stereocenters. The predicted octanol–water partition coefficient (Wildman–Crippen LogP) is 8.03. The number of alkyl halides is 2. The van der Waals surface area contributed by atoms with E-state index in [1.807, 2.05) is 24.3 Å². The van der Waals surface area contributed by atoms with Crippen LogP contribution in [0.3, 0.4) is 0 Å². The standard InChI is InChI=1S/C31H35F2N3O/c1-4-5-20-36-28(22-35(23(2)3)21-24-16-18-27(19-17-24)37-31(32)33)29(25-12-8-6-9-13-25)34-30(36)26-14-10-7-11-15-26/h6-19,23,31H,4-5,20-22H2,1-3H3. The summed E-state index contributed by atoms with van der Waals surface area (Å²) in [6, 6.07) is 27.9. The second-order valence-electron chi connectivity index (χ2n) is 9.49.